The molecule has 1 heterocycles. The molecule has 1 aliphatic heterocycles. The predicted molar refractivity (Wildman–Crippen MR) is 187 cm³/mol. The minimum Gasteiger partial charge on any atom is -0.485 e. The smallest absolute Gasteiger partial charge is 0.128 e. The third-order valence-electron chi connectivity index (χ3n) is 10.5. The van der Waals surface area contributed by atoms with Crippen LogP contribution >= 0.6 is 0 Å². The number of hydrogen-bond acceptors (Lipinski definition) is 2. The van der Waals surface area contributed by atoms with Crippen molar-refractivity contribution in [1.82, 2.24) is 0 Å². The summed E-state index contributed by atoms with van der Waals surface area (Å²) in [5.74, 6) is 2.09. The van der Waals surface area contributed by atoms with Gasteiger partial charge in [-0.15, -0.1) is 0 Å². The van der Waals surface area contributed by atoms with Crippen molar-refractivity contribution >= 4 is 27.8 Å². The standard InChI is InChI=1S/C43H35NO/c1-43(2)39-13-7-5-11-35(39)37-26-33(21-23-40(37)43)44(34-22-24-42-38(27-34)36-12-6-8-14-41(36)45-42)32-19-17-29(18-20-32)31-16-15-28-9-3-4-10-30(28)25-31/h3-27,35-36,39,41H,1-2H3. The first-order chi connectivity index (χ1) is 22.0. The number of benzene rings is 5. The molecule has 3 aliphatic carbocycles. The minimum atomic E-state index is 0.0697. The van der Waals surface area contributed by atoms with Gasteiger partial charge in [-0.05, 0) is 99.0 Å². The van der Waals surface area contributed by atoms with E-state index in [0.717, 1.165) is 17.1 Å². The molecule has 4 unspecified atom stereocenters. The van der Waals surface area contributed by atoms with E-state index in [1.165, 1.54) is 44.3 Å². The number of nitrogens with zero attached hydrogens (tertiary/aromatic N) is 1. The van der Waals surface area contributed by atoms with Crippen LogP contribution in [0.4, 0.5) is 17.1 Å². The van der Waals surface area contributed by atoms with E-state index in [2.05, 4.69) is 170 Å². The second kappa shape index (κ2) is 9.97. The highest BCUT2D eigenvalue weighted by Crippen LogP contribution is 2.54. The first-order valence-corrected chi connectivity index (χ1v) is 16.1. The van der Waals surface area contributed by atoms with E-state index in [1.54, 1.807) is 0 Å². The van der Waals surface area contributed by atoms with E-state index in [9.17, 15) is 0 Å². The lowest BCUT2D eigenvalue weighted by molar-refractivity contribution is 0.269. The Bertz CT molecular complexity index is 2090. The fourth-order valence-corrected chi connectivity index (χ4v) is 8.11. The normalized spacial score (nSPS) is 22.9. The SMILES string of the molecule is CC1(C)c2ccc(N(c3ccc(-c4ccc5ccccc5c4)cc3)c3ccc4c(c3)C3C=CC=CC3O4)cc2C2C=CC=CC21. The molecule has 0 spiro atoms. The van der Waals surface area contributed by atoms with Gasteiger partial charge in [0, 0.05) is 34.5 Å². The summed E-state index contributed by atoms with van der Waals surface area (Å²) in [5, 5.41) is 2.53. The number of hydrogen-bond donors (Lipinski definition) is 0. The molecule has 4 aliphatic rings. The Morgan fingerprint density at radius 3 is 2.07 bits per heavy atom. The van der Waals surface area contributed by atoms with Crippen LogP contribution in [0.2, 0.25) is 0 Å². The van der Waals surface area contributed by atoms with Crippen molar-refractivity contribution in [3.05, 3.63) is 168 Å². The van der Waals surface area contributed by atoms with Gasteiger partial charge in [0.05, 0.1) is 0 Å². The van der Waals surface area contributed by atoms with E-state index in [0.29, 0.717) is 11.8 Å². The highest BCUT2D eigenvalue weighted by atomic mass is 16.5. The van der Waals surface area contributed by atoms with E-state index < -0.39 is 0 Å². The second-order valence-corrected chi connectivity index (χ2v) is 13.4. The number of rotatable bonds is 4. The lowest BCUT2D eigenvalue weighted by atomic mass is 9.74. The van der Waals surface area contributed by atoms with Gasteiger partial charge >= 0.3 is 0 Å². The van der Waals surface area contributed by atoms with Gasteiger partial charge in [0.25, 0.3) is 0 Å². The lowest BCUT2D eigenvalue weighted by Gasteiger charge is -2.29. The average molecular weight is 582 g/mol. The van der Waals surface area contributed by atoms with E-state index in [1.807, 2.05) is 0 Å². The molecule has 0 amide bonds. The van der Waals surface area contributed by atoms with Crippen LogP contribution in [0, 0.1) is 5.92 Å². The third-order valence-corrected chi connectivity index (χ3v) is 10.5. The van der Waals surface area contributed by atoms with Crippen LogP contribution in [0.3, 0.4) is 0 Å². The van der Waals surface area contributed by atoms with Gasteiger partial charge in [0.15, 0.2) is 0 Å². The first-order valence-electron chi connectivity index (χ1n) is 16.1. The Labute approximate surface area is 265 Å². The summed E-state index contributed by atoms with van der Waals surface area (Å²) in [6.07, 6.45) is 17.9. The fourth-order valence-electron chi connectivity index (χ4n) is 8.11. The lowest BCUT2D eigenvalue weighted by Crippen LogP contribution is -2.24. The van der Waals surface area contributed by atoms with Crippen LogP contribution < -0.4 is 9.64 Å². The molecule has 2 heteroatoms. The quantitative estimate of drug-likeness (QED) is 0.209. The summed E-state index contributed by atoms with van der Waals surface area (Å²) in [5.41, 5.74) is 10.1. The third kappa shape index (κ3) is 4.16. The van der Waals surface area contributed by atoms with Crippen molar-refractivity contribution in [2.75, 3.05) is 4.90 Å². The number of fused-ring (bicyclic) bond motifs is 7. The van der Waals surface area contributed by atoms with Crippen LogP contribution in [0.5, 0.6) is 5.75 Å². The monoisotopic (exact) mass is 581 g/mol. The van der Waals surface area contributed by atoms with Crippen molar-refractivity contribution in [1.29, 1.82) is 0 Å². The Balaban J connectivity index is 1.16. The van der Waals surface area contributed by atoms with E-state index >= 15 is 0 Å². The van der Waals surface area contributed by atoms with Gasteiger partial charge in [-0.2, -0.15) is 0 Å². The molecule has 9 rings (SSSR count). The van der Waals surface area contributed by atoms with Gasteiger partial charge in [-0.25, -0.2) is 0 Å². The molecular weight excluding hydrogens is 546 g/mol. The highest BCUT2D eigenvalue weighted by molar-refractivity contribution is 5.88. The second-order valence-electron chi connectivity index (χ2n) is 13.4. The summed E-state index contributed by atoms with van der Waals surface area (Å²) in [4.78, 5) is 2.42. The van der Waals surface area contributed by atoms with Crippen molar-refractivity contribution in [2.24, 2.45) is 5.92 Å². The molecule has 45 heavy (non-hydrogen) atoms. The molecule has 0 saturated heterocycles. The zero-order valence-corrected chi connectivity index (χ0v) is 25.6. The topological polar surface area (TPSA) is 12.5 Å². The zero-order valence-electron chi connectivity index (χ0n) is 25.6. The van der Waals surface area contributed by atoms with Crippen molar-refractivity contribution in [3.8, 4) is 16.9 Å². The molecule has 5 aromatic carbocycles. The molecule has 5 aromatic rings. The summed E-state index contributed by atoms with van der Waals surface area (Å²) in [6.45, 7) is 4.79. The Hall–Kier alpha value is -5.08. The van der Waals surface area contributed by atoms with Gasteiger partial charge < -0.3 is 9.64 Å². The number of ether oxygens (including phenoxy) is 1. The van der Waals surface area contributed by atoms with E-state index in [-0.39, 0.29) is 17.4 Å². The maximum atomic E-state index is 6.32. The van der Waals surface area contributed by atoms with Crippen LogP contribution in [-0.2, 0) is 5.41 Å². The van der Waals surface area contributed by atoms with E-state index in [4.69, 9.17) is 4.74 Å². The molecular formula is C43H35NO. The van der Waals surface area contributed by atoms with Crippen LogP contribution in [-0.4, -0.2) is 6.10 Å². The molecule has 2 nitrogen and oxygen atoms in total. The Morgan fingerprint density at radius 2 is 1.22 bits per heavy atom. The number of allylic oxidation sites excluding steroid dienone is 6. The molecule has 0 fully saturated rings. The van der Waals surface area contributed by atoms with Gasteiger partial charge in [-0.3, -0.25) is 0 Å². The van der Waals surface area contributed by atoms with Gasteiger partial charge in [0.2, 0.25) is 0 Å². The first kappa shape index (κ1) is 26.3. The molecule has 0 aromatic heterocycles. The van der Waals surface area contributed by atoms with Crippen LogP contribution in [0.1, 0.15) is 42.4 Å². The summed E-state index contributed by atoms with van der Waals surface area (Å²) in [6, 6.07) is 38.2. The fraction of sp³-hybridized carbons (Fsp3) is 0.163. The maximum absolute atomic E-state index is 6.32. The maximum Gasteiger partial charge on any atom is 0.128 e. The summed E-state index contributed by atoms with van der Waals surface area (Å²) < 4.78 is 6.32. The summed E-state index contributed by atoms with van der Waals surface area (Å²) >= 11 is 0. The predicted octanol–water partition coefficient (Wildman–Crippen LogP) is 11.1. The summed E-state index contributed by atoms with van der Waals surface area (Å²) in [7, 11) is 0. The van der Waals surface area contributed by atoms with Crippen LogP contribution in [0.15, 0.2) is 152 Å². The molecule has 0 saturated carbocycles. The van der Waals surface area contributed by atoms with Crippen molar-refractivity contribution in [3.63, 3.8) is 0 Å². The average Bonchev–Trinajstić information content (AvgIpc) is 3.57. The Kier molecular flexibility index (Phi) is 5.83. The molecule has 4 atom stereocenters. The number of anilines is 3. The van der Waals surface area contributed by atoms with Crippen LogP contribution in [0.25, 0.3) is 21.9 Å². The van der Waals surface area contributed by atoms with Crippen molar-refractivity contribution < 1.29 is 4.74 Å². The largest absolute Gasteiger partial charge is 0.485 e. The molecule has 0 bridgehead atoms. The Morgan fingerprint density at radius 1 is 0.556 bits per heavy atom. The molecule has 218 valence electrons. The highest BCUT2D eigenvalue weighted by Gasteiger charge is 2.44. The molecule has 0 radical (unpaired) electrons. The zero-order chi connectivity index (χ0) is 30.1. The van der Waals surface area contributed by atoms with Gasteiger partial charge in [-0.1, -0.05) is 111 Å². The van der Waals surface area contributed by atoms with Crippen molar-refractivity contribution in [2.45, 2.75) is 37.2 Å². The van der Waals surface area contributed by atoms with Gasteiger partial charge in [0.1, 0.15) is 11.9 Å². The molecule has 0 N–H and O–H groups in total. The minimum absolute atomic E-state index is 0.0697.